The molecule has 4 heteroatoms. The van der Waals surface area contributed by atoms with E-state index in [1.54, 1.807) is 14.2 Å². The summed E-state index contributed by atoms with van der Waals surface area (Å²) in [5.41, 5.74) is 6.56. The van der Waals surface area contributed by atoms with Gasteiger partial charge in [-0.25, -0.2) is 0 Å². The monoisotopic (exact) mass is 293 g/mol. The van der Waals surface area contributed by atoms with Gasteiger partial charge in [-0.05, 0) is 28.7 Å². The summed E-state index contributed by atoms with van der Waals surface area (Å²) in [6.45, 7) is 0.475. The van der Waals surface area contributed by atoms with Crippen molar-refractivity contribution in [3.05, 3.63) is 21.3 Å². The van der Waals surface area contributed by atoms with Gasteiger partial charge in [0, 0.05) is 18.2 Å². The van der Waals surface area contributed by atoms with Crippen molar-refractivity contribution < 1.29 is 9.47 Å². The van der Waals surface area contributed by atoms with Gasteiger partial charge in [-0.3, -0.25) is 0 Å². The van der Waals surface area contributed by atoms with Crippen LogP contribution in [-0.4, -0.2) is 14.2 Å². The molecule has 1 rings (SSSR count). The van der Waals surface area contributed by atoms with Crippen molar-refractivity contribution in [1.82, 2.24) is 0 Å². The second kappa shape index (κ2) is 4.66. The van der Waals surface area contributed by atoms with Crippen LogP contribution in [0.2, 0.25) is 0 Å². The van der Waals surface area contributed by atoms with E-state index in [1.165, 1.54) is 0 Å². The molecular formula is C9H12INO2. The van der Waals surface area contributed by atoms with Crippen LogP contribution in [0.1, 0.15) is 5.56 Å². The van der Waals surface area contributed by atoms with E-state index in [0.717, 1.165) is 20.6 Å². The second-order valence-corrected chi connectivity index (χ2v) is 3.66. The minimum absolute atomic E-state index is 0.475. The lowest BCUT2D eigenvalue weighted by Gasteiger charge is -2.10. The Morgan fingerprint density at radius 3 is 2.31 bits per heavy atom. The Bertz CT molecular complexity index is 302. The number of halogens is 1. The maximum Gasteiger partial charge on any atom is 0.135 e. The summed E-state index contributed by atoms with van der Waals surface area (Å²) in [6.07, 6.45) is 0. The first-order valence-corrected chi connectivity index (χ1v) is 4.91. The maximum absolute atomic E-state index is 5.56. The highest BCUT2D eigenvalue weighted by Crippen LogP contribution is 2.29. The normalized spacial score (nSPS) is 9.85. The molecule has 13 heavy (non-hydrogen) atoms. The smallest absolute Gasteiger partial charge is 0.135 e. The lowest BCUT2D eigenvalue weighted by Crippen LogP contribution is -2.01. The van der Waals surface area contributed by atoms with E-state index in [2.05, 4.69) is 22.6 Å². The van der Waals surface area contributed by atoms with E-state index in [9.17, 15) is 0 Å². The van der Waals surface area contributed by atoms with Gasteiger partial charge in [0.1, 0.15) is 11.5 Å². The summed E-state index contributed by atoms with van der Waals surface area (Å²) in [5.74, 6) is 1.59. The van der Waals surface area contributed by atoms with Gasteiger partial charge in [0.2, 0.25) is 0 Å². The van der Waals surface area contributed by atoms with Crippen LogP contribution in [0.25, 0.3) is 0 Å². The number of nitrogens with two attached hydrogens (primary N) is 1. The first-order valence-electron chi connectivity index (χ1n) is 3.83. The Labute approximate surface area is 91.4 Å². The van der Waals surface area contributed by atoms with Crippen molar-refractivity contribution in [2.75, 3.05) is 14.2 Å². The van der Waals surface area contributed by atoms with Crippen LogP contribution >= 0.6 is 22.6 Å². The predicted molar refractivity (Wildman–Crippen MR) is 60.2 cm³/mol. The molecule has 0 aliphatic carbocycles. The summed E-state index contributed by atoms with van der Waals surface area (Å²) < 4.78 is 11.4. The molecule has 0 atom stereocenters. The van der Waals surface area contributed by atoms with E-state index in [-0.39, 0.29) is 0 Å². The SMILES string of the molecule is COc1cc(OC)c(CN)cc1I. The van der Waals surface area contributed by atoms with E-state index in [1.807, 2.05) is 12.1 Å². The molecule has 0 aliphatic heterocycles. The third-order valence-corrected chi connectivity index (χ3v) is 2.62. The molecule has 0 fully saturated rings. The third kappa shape index (κ3) is 2.25. The highest BCUT2D eigenvalue weighted by Gasteiger charge is 2.07. The van der Waals surface area contributed by atoms with Gasteiger partial charge >= 0.3 is 0 Å². The molecule has 1 aromatic carbocycles. The summed E-state index contributed by atoms with van der Waals surface area (Å²) in [4.78, 5) is 0. The topological polar surface area (TPSA) is 44.5 Å². The molecule has 3 nitrogen and oxygen atoms in total. The van der Waals surface area contributed by atoms with Crippen LogP contribution in [-0.2, 0) is 6.54 Å². The zero-order chi connectivity index (χ0) is 9.84. The molecule has 0 radical (unpaired) electrons. The summed E-state index contributed by atoms with van der Waals surface area (Å²) in [6, 6.07) is 3.82. The van der Waals surface area contributed by atoms with Crippen molar-refractivity contribution in [2.24, 2.45) is 5.73 Å². The summed E-state index contributed by atoms with van der Waals surface area (Å²) in [7, 11) is 3.26. The predicted octanol–water partition coefficient (Wildman–Crippen LogP) is 1.77. The summed E-state index contributed by atoms with van der Waals surface area (Å²) in [5, 5.41) is 0. The van der Waals surface area contributed by atoms with E-state index < -0.39 is 0 Å². The summed E-state index contributed by atoms with van der Waals surface area (Å²) >= 11 is 2.21. The van der Waals surface area contributed by atoms with Crippen LogP contribution in [0.15, 0.2) is 12.1 Å². The zero-order valence-corrected chi connectivity index (χ0v) is 9.79. The third-order valence-electron chi connectivity index (χ3n) is 1.77. The Morgan fingerprint density at radius 1 is 1.23 bits per heavy atom. The fourth-order valence-corrected chi connectivity index (χ4v) is 1.83. The fourth-order valence-electron chi connectivity index (χ4n) is 1.08. The molecule has 0 aliphatic rings. The number of rotatable bonds is 3. The first-order chi connectivity index (χ1) is 6.22. The van der Waals surface area contributed by atoms with Gasteiger partial charge < -0.3 is 15.2 Å². The number of methoxy groups -OCH3 is 2. The largest absolute Gasteiger partial charge is 0.496 e. The molecule has 0 aromatic heterocycles. The molecule has 1 aromatic rings. The molecule has 0 heterocycles. The van der Waals surface area contributed by atoms with E-state index in [4.69, 9.17) is 15.2 Å². The van der Waals surface area contributed by atoms with Gasteiger partial charge in [0.25, 0.3) is 0 Å². The lowest BCUT2D eigenvalue weighted by molar-refractivity contribution is 0.389. The quantitative estimate of drug-likeness (QED) is 0.864. The Hall–Kier alpha value is -0.490. The van der Waals surface area contributed by atoms with Crippen molar-refractivity contribution in [1.29, 1.82) is 0 Å². The van der Waals surface area contributed by atoms with Crippen LogP contribution in [0.5, 0.6) is 11.5 Å². The standard InChI is InChI=1S/C9H12INO2/c1-12-8-4-9(13-2)7(10)3-6(8)5-11/h3-4H,5,11H2,1-2H3. The molecule has 0 saturated carbocycles. The van der Waals surface area contributed by atoms with Crippen molar-refractivity contribution in [3.63, 3.8) is 0 Å². The van der Waals surface area contributed by atoms with Crippen LogP contribution in [0, 0.1) is 3.57 Å². The molecule has 2 N–H and O–H groups in total. The molecular weight excluding hydrogens is 281 g/mol. The first kappa shape index (κ1) is 10.6. The minimum Gasteiger partial charge on any atom is -0.496 e. The average molecular weight is 293 g/mol. The van der Waals surface area contributed by atoms with Crippen molar-refractivity contribution in [2.45, 2.75) is 6.54 Å². The molecule has 0 saturated heterocycles. The minimum atomic E-state index is 0.475. The van der Waals surface area contributed by atoms with E-state index in [0.29, 0.717) is 6.54 Å². The number of hydrogen-bond acceptors (Lipinski definition) is 3. The maximum atomic E-state index is 5.56. The van der Waals surface area contributed by atoms with Gasteiger partial charge in [0.15, 0.2) is 0 Å². The molecule has 72 valence electrons. The van der Waals surface area contributed by atoms with Crippen LogP contribution < -0.4 is 15.2 Å². The number of benzene rings is 1. The van der Waals surface area contributed by atoms with Gasteiger partial charge in [0.05, 0.1) is 17.8 Å². The van der Waals surface area contributed by atoms with Crippen molar-refractivity contribution >= 4 is 22.6 Å². The van der Waals surface area contributed by atoms with Gasteiger partial charge in [-0.1, -0.05) is 0 Å². The van der Waals surface area contributed by atoms with E-state index >= 15 is 0 Å². The Kier molecular flexibility index (Phi) is 3.80. The fraction of sp³-hybridized carbons (Fsp3) is 0.333. The zero-order valence-electron chi connectivity index (χ0n) is 7.63. The van der Waals surface area contributed by atoms with Gasteiger partial charge in [-0.15, -0.1) is 0 Å². The lowest BCUT2D eigenvalue weighted by atomic mass is 10.2. The van der Waals surface area contributed by atoms with Crippen LogP contribution in [0.3, 0.4) is 0 Å². The number of ether oxygens (including phenoxy) is 2. The Balaban J connectivity index is 3.18. The molecule has 0 unspecified atom stereocenters. The Morgan fingerprint density at radius 2 is 1.85 bits per heavy atom. The molecule has 0 bridgehead atoms. The molecule has 0 amide bonds. The van der Waals surface area contributed by atoms with Gasteiger partial charge in [-0.2, -0.15) is 0 Å². The molecule has 0 spiro atoms. The average Bonchev–Trinajstić information content (AvgIpc) is 2.17. The van der Waals surface area contributed by atoms with Crippen molar-refractivity contribution in [3.8, 4) is 11.5 Å². The second-order valence-electron chi connectivity index (χ2n) is 2.50. The highest BCUT2D eigenvalue weighted by atomic mass is 127. The van der Waals surface area contributed by atoms with Crippen LogP contribution in [0.4, 0.5) is 0 Å². The number of hydrogen-bond donors (Lipinski definition) is 1. The highest BCUT2D eigenvalue weighted by molar-refractivity contribution is 14.1.